The van der Waals surface area contributed by atoms with Crippen molar-refractivity contribution in [3.63, 3.8) is 0 Å². The van der Waals surface area contributed by atoms with Gasteiger partial charge in [-0.3, -0.25) is 15.0 Å². The maximum atomic E-state index is 13.4. The highest BCUT2D eigenvalue weighted by molar-refractivity contribution is 6.15. The van der Waals surface area contributed by atoms with E-state index in [0.29, 0.717) is 5.84 Å². The number of rotatable bonds is 4. The van der Waals surface area contributed by atoms with Gasteiger partial charge in [-0.2, -0.15) is 0 Å². The second kappa shape index (κ2) is 8.93. The Bertz CT molecular complexity index is 1390. The third-order valence-corrected chi connectivity index (χ3v) is 5.49. The number of nitrogens with one attached hydrogen (secondary N) is 1. The predicted octanol–water partition coefficient (Wildman–Crippen LogP) is 4.74. The van der Waals surface area contributed by atoms with Crippen molar-refractivity contribution >= 4 is 34.5 Å². The molecule has 1 heterocycles. The van der Waals surface area contributed by atoms with Crippen LogP contribution in [0.15, 0.2) is 114 Å². The molecule has 0 radical (unpaired) electrons. The van der Waals surface area contributed by atoms with E-state index in [2.05, 4.69) is 10.4 Å². The molecule has 4 aromatic carbocycles. The number of benzene rings is 4. The Hall–Kier alpha value is -4.51. The highest BCUT2D eigenvalue weighted by atomic mass is 16.2. The Balaban J connectivity index is 1.53. The van der Waals surface area contributed by atoms with E-state index in [1.807, 2.05) is 103 Å². The summed E-state index contributed by atoms with van der Waals surface area (Å²) in [5, 5.41) is 3.34. The van der Waals surface area contributed by atoms with Crippen molar-refractivity contribution in [2.75, 3.05) is 0 Å². The Kier molecular flexibility index (Phi) is 5.52. The first-order chi connectivity index (χ1) is 16.2. The van der Waals surface area contributed by atoms with Crippen LogP contribution >= 0.6 is 0 Å². The molecular weight excluding hydrogens is 410 g/mol. The van der Waals surface area contributed by atoms with E-state index in [1.54, 1.807) is 6.08 Å². The summed E-state index contributed by atoms with van der Waals surface area (Å²) in [6, 6.07) is 32.7. The predicted molar refractivity (Wildman–Crippen MR) is 130 cm³/mol. The van der Waals surface area contributed by atoms with Gasteiger partial charge in [0.2, 0.25) is 0 Å². The van der Waals surface area contributed by atoms with E-state index >= 15 is 0 Å². The van der Waals surface area contributed by atoms with E-state index in [9.17, 15) is 9.59 Å². The molecule has 4 aromatic rings. The van der Waals surface area contributed by atoms with Crippen molar-refractivity contribution in [1.29, 1.82) is 0 Å². The first-order valence-corrected chi connectivity index (χ1v) is 10.7. The molecule has 0 aliphatic carbocycles. The number of fused-ring (bicyclic) bond motifs is 1. The maximum absolute atomic E-state index is 13.4. The fourth-order valence-electron chi connectivity index (χ4n) is 3.88. The minimum atomic E-state index is -0.426. The fourth-order valence-corrected chi connectivity index (χ4v) is 3.88. The van der Waals surface area contributed by atoms with Crippen LogP contribution in [0.1, 0.15) is 16.7 Å². The number of carbonyl (C=O) groups excluding carboxylic acids is 2. The van der Waals surface area contributed by atoms with Crippen molar-refractivity contribution in [3.05, 3.63) is 126 Å². The van der Waals surface area contributed by atoms with Gasteiger partial charge >= 0.3 is 0 Å². The van der Waals surface area contributed by atoms with Crippen LogP contribution in [0, 0.1) is 0 Å². The van der Waals surface area contributed by atoms with Gasteiger partial charge in [0.1, 0.15) is 5.70 Å². The van der Waals surface area contributed by atoms with E-state index in [1.165, 1.54) is 5.01 Å². The molecule has 160 valence electrons. The van der Waals surface area contributed by atoms with Crippen LogP contribution in [-0.4, -0.2) is 22.7 Å². The largest absolute Gasteiger partial charge is 0.288 e. The van der Waals surface area contributed by atoms with Crippen LogP contribution < -0.4 is 5.43 Å². The molecule has 0 atom stereocenters. The SMILES string of the molecule is O=C1NN(C(=O)Cc2cccc3ccccc23)C(c2ccccc2)=N/C1=C/c1ccccc1. The molecule has 2 amide bonds. The van der Waals surface area contributed by atoms with Crippen LogP contribution in [0.2, 0.25) is 0 Å². The van der Waals surface area contributed by atoms with Crippen LogP contribution in [-0.2, 0) is 16.0 Å². The summed E-state index contributed by atoms with van der Waals surface area (Å²) in [7, 11) is 0. The van der Waals surface area contributed by atoms with E-state index < -0.39 is 5.91 Å². The van der Waals surface area contributed by atoms with Gasteiger partial charge in [0.05, 0.1) is 6.42 Å². The van der Waals surface area contributed by atoms with E-state index in [0.717, 1.165) is 27.5 Å². The molecule has 1 aliphatic heterocycles. The standard InChI is InChI=1S/C28H21N3O2/c32-26(19-23-16-9-15-21-12-7-8-17-24(21)23)31-27(22-13-5-2-6-14-22)29-25(28(33)30-31)18-20-10-3-1-4-11-20/h1-18H,19H2,(H,30,33)/b25-18+. The number of amidine groups is 1. The van der Waals surface area contributed by atoms with Crippen LogP contribution in [0.5, 0.6) is 0 Å². The molecule has 0 aromatic heterocycles. The zero-order valence-corrected chi connectivity index (χ0v) is 17.8. The van der Waals surface area contributed by atoms with Crippen molar-refractivity contribution < 1.29 is 9.59 Å². The minimum Gasteiger partial charge on any atom is -0.272 e. The molecule has 5 nitrogen and oxygen atoms in total. The summed E-state index contributed by atoms with van der Waals surface area (Å²) in [5.74, 6) is -0.298. The summed E-state index contributed by atoms with van der Waals surface area (Å²) in [6.45, 7) is 0. The van der Waals surface area contributed by atoms with Gasteiger partial charge in [-0.25, -0.2) is 10.0 Å². The van der Waals surface area contributed by atoms with Crippen LogP contribution in [0.25, 0.3) is 16.8 Å². The molecular formula is C28H21N3O2. The van der Waals surface area contributed by atoms with E-state index in [-0.39, 0.29) is 18.0 Å². The van der Waals surface area contributed by atoms with Gasteiger partial charge in [0.15, 0.2) is 5.84 Å². The highest BCUT2D eigenvalue weighted by Gasteiger charge is 2.30. The first kappa shape index (κ1) is 20.4. The zero-order valence-electron chi connectivity index (χ0n) is 17.8. The monoisotopic (exact) mass is 431 g/mol. The second-order valence-electron chi connectivity index (χ2n) is 7.73. The summed E-state index contributed by atoms with van der Waals surface area (Å²) in [4.78, 5) is 30.9. The minimum absolute atomic E-state index is 0.130. The lowest BCUT2D eigenvalue weighted by molar-refractivity contribution is -0.135. The number of carbonyl (C=O) groups is 2. The average molecular weight is 431 g/mol. The topological polar surface area (TPSA) is 61.8 Å². The molecule has 1 N–H and O–H groups in total. The van der Waals surface area contributed by atoms with Gasteiger partial charge in [0, 0.05) is 5.56 Å². The van der Waals surface area contributed by atoms with Crippen molar-refractivity contribution in [2.45, 2.75) is 6.42 Å². The molecule has 1 aliphatic rings. The molecule has 0 fully saturated rings. The van der Waals surface area contributed by atoms with Gasteiger partial charge < -0.3 is 0 Å². The van der Waals surface area contributed by atoms with Crippen molar-refractivity contribution in [1.82, 2.24) is 10.4 Å². The fraction of sp³-hybridized carbons (Fsp3) is 0.0357. The number of hydrogen-bond acceptors (Lipinski definition) is 3. The summed E-state index contributed by atoms with van der Waals surface area (Å²) in [5.41, 5.74) is 5.48. The van der Waals surface area contributed by atoms with Gasteiger partial charge in [0.25, 0.3) is 11.8 Å². The summed E-state index contributed by atoms with van der Waals surface area (Å²) < 4.78 is 0. The van der Waals surface area contributed by atoms with Crippen LogP contribution in [0.3, 0.4) is 0 Å². The molecule has 33 heavy (non-hydrogen) atoms. The van der Waals surface area contributed by atoms with Gasteiger partial charge in [-0.15, -0.1) is 0 Å². The molecule has 0 unspecified atom stereocenters. The number of amides is 2. The number of aliphatic imine (C=N–C) groups is 1. The quantitative estimate of drug-likeness (QED) is 0.474. The Morgan fingerprint density at radius 2 is 1.48 bits per heavy atom. The molecule has 0 saturated carbocycles. The third kappa shape index (κ3) is 4.29. The van der Waals surface area contributed by atoms with Crippen LogP contribution in [0.4, 0.5) is 0 Å². The Labute approximate surface area is 191 Å². The molecule has 0 bridgehead atoms. The van der Waals surface area contributed by atoms with Gasteiger partial charge in [-0.05, 0) is 28.0 Å². The Morgan fingerprint density at radius 3 is 2.27 bits per heavy atom. The number of hydrogen-bond donors (Lipinski definition) is 1. The lowest BCUT2D eigenvalue weighted by atomic mass is 10.0. The second-order valence-corrected chi connectivity index (χ2v) is 7.73. The highest BCUT2D eigenvalue weighted by Crippen LogP contribution is 2.21. The lowest BCUT2D eigenvalue weighted by Crippen LogP contribution is -2.53. The number of nitrogens with zero attached hydrogens (tertiary/aromatic N) is 2. The lowest BCUT2D eigenvalue weighted by Gasteiger charge is -2.29. The normalized spacial score (nSPS) is 14.8. The summed E-state index contributed by atoms with van der Waals surface area (Å²) in [6.07, 6.45) is 1.84. The first-order valence-electron chi connectivity index (χ1n) is 10.7. The molecule has 5 heteroatoms. The van der Waals surface area contributed by atoms with Gasteiger partial charge in [-0.1, -0.05) is 103 Å². The third-order valence-electron chi connectivity index (χ3n) is 5.49. The summed E-state index contributed by atoms with van der Waals surface area (Å²) >= 11 is 0. The number of hydrazine groups is 1. The molecule has 0 spiro atoms. The molecule has 5 rings (SSSR count). The zero-order chi connectivity index (χ0) is 22.6. The molecule has 0 saturated heterocycles. The Morgan fingerprint density at radius 1 is 0.818 bits per heavy atom. The van der Waals surface area contributed by atoms with Crippen molar-refractivity contribution in [2.24, 2.45) is 4.99 Å². The van der Waals surface area contributed by atoms with E-state index in [4.69, 9.17) is 0 Å². The maximum Gasteiger partial charge on any atom is 0.288 e. The smallest absolute Gasteiger partial charge is 0.272 e. The average Bonchev–Trinajstić information content (AvgIpc) is 2.86. The van der Waals surface area contributed by atoms with Crippen molar-refractivity contribution in [3.8, 4) is 0 Å².